The third-order valence-corrected chi connectivity index (χ3v) is 13.5. The van der Waals surface area contributed by atoms with E-state index in [2.05, 4.69) is 152 Å². The molecule has 56 heavy (non-hydrogen) atoms. The van der Waals surface area contributed by atoms with Crippen molar-refractivity contribution < 1.29 is 0 Å². The monoisotopic (exact) mass is 719 g/mol. The van der Waals surface area contributed by atoms with E-state index in [1.54, 1.807) is 0 Å². The molecule has 0 N–H and O–H groups in total. The zero-order valence-corrected chi connectivity index (χ0v) is 31.3. The molecular formula is C53H41N3. The molecule has 4 fully saturated rings. The molecule has 4 aliphatic carbocycles. The average molecular weight is 720 g/mol. The van der Waals surface area contributed by atoms with Crippen molar-refractivity contribution in [2.45, 2.75) is 49.4 Å². The first-order valence-electron chi connectivity index (χ1n) is 20.1. The normalized spacial score (nSPS) is 22.3. The van der Waals surface area contributed by atoms with Crippen molar-refractivity contribution in [1.29, 1.82) is 5.26 Å². The van der Waals surface area contributed by atoms with Crippen LogP contribution in [0.5, 0.6) is 0 Å². The Bertz CT molecular complexity index is 2820. The highest BCUT2D eigenvalue weighted by Crippen LogP contribution is 2.66. The van der Waals surface area contributed by atoms with Crippen LogP contribution >= 0.6 is 0 Å². The predicted octanol–water partition coefficient (Wildman–Crippen LogP) is 13.1. The Kier molecular flexibility index (Phi) is 7.58. The van der Waals surface area contributed by atoms with Gasteiger partial charge in [0, 0.05) is 22.1 Å². The number of nitrogens with zero attached hydrogens (tertiary/aromatic N) is 3. The number of aromatic nitrogens is 2. The van der Waals surface area contributed by atoms with Crippen LogP contribution in [0.25, 0.3) is 66.6 Å². The summed E-state index contributed by atoms with van der Waals surface area (Å²) in [6.45, 7) is 0. The van der Waals surface area contributed by atoms with Crippen LogP contribution in [0.4, 0.5) is 0 Å². The van der Waals surface area contributed by atoms with Crippen LogP contribution in [0.2, 0.25) is 0 Å². The molecule has 3 nitrogen and oxygen atoms in total. The Morgan fingerprint density at radius 1 is 0.482 bits per heavy atom. The van der Waals surface area contributed by atoms with Crippen molar-refractivity contribution in [1.82, 2.24) is 9.97 Å². The molecule has 4 bridgehead atoms. The van der Waals surface area contributed by atoms with E-state index in [0.717, 1.165) is 62.1 Å². The molecule has 0 spiro atoms. The van der Waals surface area contributed by atoms with Crippen LogP contribution in [-0.4, -0.2) is 9.97 Å². The molecular weight excluding hydrogens is 679 g/mol. The van der Waals surface area contributed by atoms with Crippen LogP contribution in [-0.2, 0) is 10.8 Å². The molecule has 1 heterocycles. The van der Waals surface area contributed by atoms with Gasteiger partial charge in [0.25, 0.3) is 0 Å². The maximum atomic E-state index is 9.72. The van der Waals surface area contributed by atoms with Crippen LogP contribution < -0.4 is 0 Å². The number of fused-ring (bicyclic) bond motifs is 2. The van der Waals surface area contributed by atoms with Crippen molar-refractivity contribution in [2.24, 2.45) is 11.8 Å². The fourth-order valence-electron chi connectivity index (χ4n) is 11.4. The van der Waals surface area contributed by atoms with E-state index in [1.165, 1.54) is 71.6 Å². The maximum absolute atomic E-state index is 9.72. The number of hydrogen-bond donors (Lipinski definition) is 0. The van der Waals surface area contributed by atoms with Crippen molar-refractivity contribution in [2.75, 3.05) is 0 Å². The molecule has 0 saturated heterocycles. The lowest BCUT2D eigenvalue weighted by atomic mass is 9.41. The highest BCUT2D eigenvalue weighted by Gasteiger charge is 2.58. The summed E-state index contributed by atoms with van der Waals surface area (Å²) in [5.41, 5.74) is 11.7. The highest BCUT2D eigenvalue weighted by molar-refractivity contribution is 5.99. The van der Waals surface area contributed by atoms with Crippen LogP contribution in [0, 0.1) is 23.2 Å². The summed E-state index contributed by atoms with van der Waals surface area (Å²) < 4.78 is 0. The van der Waals surface area contributed by atoms with Gasteiger partial charge in [0.05, 0.1) is 23.0 Å². The molecule has 12 rings (SSSR count). The minimum absolute atomic E-state index is 0.196. The second kappa shape index (κ2) is 12.9. The summed E-state index contributed by atoms with van der Waals surface area (Å²) in [5, 5.41) is 14.3. The van der Waals surface area contributed by atoms with Gasteiger partial charge in [-0.15, -0.1) is 0 Å². The van der Waals surface area contributed by atoms with Gasteiger partial charge in [0.2, 0.25) is 0 Å². The number of benzene rings is 7. The molecule has 0 aliphatic heterocycles. The van der Waals surface area contributed by atoms with Crippen LogP contribution in [0.15, 0.2) is 164 Å². The smallest absolute Gasteiger partial charge is 0.160 e. The van der Waals surface area contributed by atoms with Gasteiger partial charge in [-0.1, -0.05) is 146 Å². The molecule has 4 aliphatic rings. The van der Waals surface area contributed by atoms with Crippen molar-refractivity contribution in [3.63, 3.8) is 0 Å². The largest absolute Gasteiger partial charge is 0.228 e. The van der Waals surface area contributed by atoms with Crippen LogP contribution in [0.1, 0.15) is 55.2 Å². The third kappa shape index (κ3) is 5.47. The van der Waals surface area contributed by atoms with Crippen LogP contribution in [0.3, 0.4) is 0 Å². The number of rotatable bonds is 6. The Morgan fingerprint density at radius 3 is 1.77 bits per heavy atom. The van der Waals surface area contributed by atoms with Gasteiger partial charge in [-0.05, 0) is 118 Å². The van der Waals surface area contributed by atoms with Gasteiger partial charge in [0.15, 0.2) is 5.82 Å². The SMILES string of the molecule is N#Cc1cccc2c(-c3ccc(C45CC6CC(CC(c7ccc(-c8cc(-c9ccc%10ccccc%10c9)nc(-c9ccccc9)n8)cc7)(C6)C4)C5)cc3)cccc12. The van der Waals surface area contributed by atoms with Crippen molar-refractivity contribution >= 4 is 21.5 Å². The molecule has 7 aromatic carbocycles. The first kappa shape index (κ1) is 33.0. The van der Waals surface area contributed by atoms with Gasteiger partial charge in [-0.3, -0.25) is 0 Å². The van der Waals surface area contributed by atoms with Gasteiger partial charge < -0.3 is 0 Å². The fourth-order valence-corrected chi connectivity index (χ4v) is 11.4. The second-order valence-electron chi connectivity index (χ2n) is 16.9. The first-order chi connectivity index (χ1) is 27.5. The quantitative estimate of drug-likeness (QED) is 0.172. The lowest BCUT2D eigenvalue weighted by Gasteiger charge is -2.63. The molecule has 4 saturated carbocycles. The lowest BCUT2D eigenvalue weighted by molar-refractivity contribution is -0.0281. The Balaban J connectivity index is 0.928. The highest BCUT2D eigenvalue weighted by atomic mass is 14.9. The summed E-state index contributed by atoms with van der Waals surface area (Å²) in [7, 11) is 0. The number of hydrogen-bond acceptors (Lipinski definition) is 3. The fraction of sp³-hybridized carbons (Fsp3) is 0.189. The molecule has 268 valence electrons. The molecule has 2 unspecified atom stereocenters. The summed E-state index contributed by atoms with van der Waals surface area (Å²) >= 11 is 0. The molecule has 0 amide bonds. The van der Waals surface area contributed by atoms with Gasteiger partial charge in [0.1, 0.15) is 0 Å². The predicted molar refractivity (Wildman–Crippen MR) is 228 cm³/mol. The van der Waals surface area contributed by atoms with E-state index in [4.69, 9.17) is 9.97 Å². The van der Waals surface area contributed by atoms with Gasteiger partial charge in [-0.2, -0.15) is 5.26 Å². The topological polar surface area (TPSA) is 49.6 Å². The Morgan fingerprint density at radius 2 is 1.07 bits per heavy atom. The van der Waals surface area contributed by atoms with Crippen molar-refractivity contribution in [3.05, 3.63) is 180 Å². The minimum atomic E-state index is 0.196. The maximum Gasteiger partial charge on any atom is 0.160 e. The van der Waals surface area contributed by atoms with E-state index in [-0.39, 0.29) is 10.8 Å². The molecule has 2 atom stereocenters. The lowest BCUT2D eigenvalue weighted by Crippen LogP contribution is -2.55. The Hall–Kier alpha value is -6.37. The zero-order valence-electron chi connectivity index (χ0n) is 31.3. The van der Waals surface area contributed by atoms with E-state index in [9.17, 15) is 5.26 Å². The van der Waals surface area contributed by atoms with E-state index < -0.39 is 0 Å². The van der Waals surface area contributed by atoms with E-state index >= 15 is 0 Å². The average Bonchev–Trinajstić information content (AvgIpc) is 3.25. The minimum Gasteiger partial charge on any atom is -0.228 e. The van der Waals surface area contributed by atoms with E-state index in [1.807, 2.05) is 18.2 Å². The zero-order chi connectivity index (χ0) is 37.3. The van der Waals surface area contributed by atoms with E-state index in [0.29, 0.717) is 0 Å². The molecule has 3 heteroatoms. The summed E-state index contributed by atoms with van der Waals surface area (Å²) in [4.78, 5) is 10.3. The van der Waals surface area contributed by atoms with Gasteiger partial charge >= 0.3 is 0 Å². The summed E-state index contributed by atoms with van der Waals surface area (Å²) in [5.74, 6) is 2.27. The molecule has 8 aromatic rings. The molecule has 1 aromatic heterocycles. The standard InChI is InChI=1S/C53H41N3/c54-33-43-12-6-15-48-46(13-7-14-47(43)48)38-18-22-44(23-19-38)52-29-35-26-36(30-52)32-53(31-35,34-52)45-24-20-39(21-25-45)49-28-50(56-51(55-49)40-9-2-1-3-10-40)42-17-16-37-8-4-5-11-41(37)27-42/h1-25,27-28,35-36H,26,29-32,34H2. The molecule has 0 radical (unpaired) electrons. The summed E-state index contributed by atoms with van der Waals surface area (Å²) in [6.07, 6.45) is 7.75. The van der Waals surface area contributed by atoms with Crippen molar-refractivity contribution in [3.8, 4) is 51.1 Å². The first-order valence-corrected chi connectivity index (χ1v) is 20.1. The number of nitriles is 1. The second-order valence-corrected chi connectivity index (χ2v) is 16.9. The van der Waals surface area contributed by atoms with Gasteiger partial charge in [-0.25, -0.2) is 9.97 Å². The third-order valence-electron chi connectivity index (χ3n) is 13.5. The Labute approximate surface area is 328 Å². The summed E-state index contributed by atoms with van der Waals surface area (Å²) in [6, 6.07) is 61.4.